The standard InChI is InChI=1S/C19H11ClN2O5/c20-11-5-7-13(8-6-11)26-16-9-12(22(24)25)10-17-18(16)19(23)21-14-3-1-2-4-15(14)27-17/h1-10H,(H-,21,23,24,25)/p+1. The number of nitrogens with one attached hydrogen (secondary N) is 1. The highest BCUT2D eigenvalue weighted by Gasteiger charge is 2.30. The minimum atomic E-state index is -0.471. The minimum Gasteiger partial charge on any atom is -0.456 e. The predicted molar refractivity (Wildman–Crippen MR) is 97.5 cm³/mol. The molecule has 1 aliphatic heterocycles. The number of nitrogens with zero attached hydrogens (tertiary/aromatic N) is 1. The van der Waals surface area contributed by atoms with Crippen LogP contribution in [0.15, 0.2) is 60.7 Å². The van der Waals surface area contributed by atoms with Gasteiger partial charge in [-0.1, -0.05) is 23.7 Å². The van der Waals surface area contributed by atoms with Gasteiger partial charge in [0.25, 0.3) is 10.8 Å². The zero-order valence-corrected chi connectivity index (χ0v) is 14.4. The average Bonchev–Trinajstić information content (AvgIpc) is 2.79. The zero-order chi connectivity index (χ0) is 19.0. The largest absolute Gasteiger partial charge is 0.456 e. The molecule has 0 spiro atoms. The van der Waals surface area contributed by atoms with Gasteiger partial charge in [0, 0.05) is 5.02 Å². The first-order valence-electron chi connectivity index (χ1n) is 7.87. The van der Waals surface area contributed by atoms with E-state index in [0.717, 1.165) is 0 Å². The Hall–Kier alpha value is -3.58. The van der Waals surface area contributed by atoms with E-state index < -0.39 is 5.91 Å². The van der Waals surface area contributed by atoms with E-state index in [1.54, 1.807) is 48.5 Å². The lowest BCUT2D eigenvalue weighted by atomic mass is 10.1. The maximum Gasteiger partial charge on any atom is 0.324 e. The molecule has 1 aliphatic rings. The molecule has 2 N–H and O–H groups in total. The minimum absolute atomic E-state index is 0.0463. The van der Waals surface area contributed by atoms with Gasteiger partial charge in [0.05, 0.1) is 22.7 Å². The Morgan fingerprint density at radius 1 is 1.04 bits per heavy atom. The fourth-order valence-electron chi connectivity index (χ4n) is 2.66. The van der Waals surface area contributed by atoms with E-state index in [-0.39, 0.29) is 27.7 Å². The van der Waals surface area contributed by atoms with Crippen molar-refractivity contribution in [1.29, 1.82) is 0 Å². The van der Waals surface area contributed by atoms with Gasteiger partial charge >= 0.3 is 5.69 Å². The van der Waals surface area contributed by atoms with Gasteiger partial charge in [0.1, 0.15) is 11.3 Å². The molecule has 0 fully saturated rings. The van der Waals surface area contributed by atoms with Crippen molar-refractivity contribution in [1.82, 2.24) is 0 Å². The first-order chi connectivity index (χ1) is 13.0. The van der Waals surface area contributed by atoms with E-state index in [1.807, 2.05) is 0 Å². The zero-order valence-electron chi connectivity index (χ0n) is 13.7. The van der Waals surface area contributed by atoms with Crippen molar-refractivity contribution in [2.75, 3.05) is 5.32 Å². The molecule has 27 heavy (non-hydrogen) atoms. The molecular formula is C19H12ClN2O5+. The number of hydrogen-bond acceptors (Lipinski definition) is 4. The van der Waals surface area contributed by atoms with Gasteiger partial charge in [-0.25, -0.2) is 5.21 Å². The summed E-state index contributed by atoms with van der Waals surface area (Å²) in [7, 11) is 0. The molecule has 0 saturated carbocycles. The second-order valence-electron chi connectivity index (χ2n) is 5.70. The van der Waals surface area contributed by atoms with Crippen LogP contribution in [-0.2, 0) is 0 Å². The van der Waals surface area contributed by atoms with Crippen molar-refractivity contribution in [2.24, 2.45) is 0 Å². The lowest BCUT2D eigenvalue weighted by Crippen LogP contribution is -2.12. The summed E-state index contributed by atoms with van der Waals surface area (Å²) in [5.41, 5.74) is 0.414. The Labute approximate surface area is 158 Å². The van der Waals surface area contributed by atoms with E-state index in [1.165, 1.54) is 12.1 Å². The van der Waals surface area contributed by atoms with E-state index in [9.17, 15) is 14.9 Å². The summed E-state index contributed by atoms with van der Waals surface area (Å²) < 4.78 is 11.6. The number of benzene rings is 3. The molecule has 134 valence electrons. The molecule has 0 radical (unpaired) electrons. The number of carbonyl (C=O) groups is 1. The lowest BCUT2D eigenvalue weighted by Gasteiger charge is -2.12. The van der Waals surface area contributed by atoms with Gasteiger partial charge in [-0.05, 0) is 36.4 Å². The monoisotopic (exact) mass is 383 g/mol. The van der Waals surface area contributed by atoms with Crippen molar-refractivity contribution in [3.05, 3.63) is 76.2 Å². The normalized spacial score (nSPS) is 12.1. The van der Waals surface area contributed by atoms with Crippen LogP contribution in [-0.4, -0.2) is 16.0 Å². The van der Waals surface area contributed by atoms with Gasteiger partial charge in [0.2, 0.25) is 0 Å². The molecule has 3 aromatic rings. The van der Waals surface area contributed by atoms with Crippen LogP contribution in [0.1, 0.15) is 10.4 Å². The molecule has 7 nitrogen and oxygen atoms in total. The van der Waals surface area contributed by atoms with Crippen molar-refractivity contribution in [3.63, 3.8) is 0 Å². The molecule has 0 unspecified atom stereocenters. The van der Waals surface area contributed by atoms with Crippen molar-refractivity contribution >= 4 is 28.9 Å². The summed E-state index contributed by atoms with van der Waals surface area (Å²) in [6, 6.07) is 15.8. The number of para-hydroxylation sites is 2. The summed E-state index contributed by atoms with van der Waals surface area (Å²) in [4.78, 5) is 23.9. The van der Waals surface area contributed by atoms with Gasteiger partial charge in [-0.2, -0.15) is 0 Å². The van der Waals surface area contributed by atoms with Crippen LogP contribution in [0.4, 0.5) is 11.4 Å². The van der Waals surface area contributed by atoms with E-state index >= 15 is 0 Å². The molecule has 0 atom stereocenters. The Morgan fingerprint density at radius 2 is 1.78 bits per heavy atom. The van der Waals surface area contributed by atoms with Crippen LogP contribution in [0.5, 0.6) is 23.0 Å². The quantitative estimate of drug-likeness (QED) is 0.600. The van der Waals surface area contributed by atoms with Gasteiger partial charge in [0.15, 0.2) is 17.2 Å². The molecule has 4 rings (SSSR count). The number of fused-ring (bicyclic) bond motifs is 2. The molecule has 3 aromatic carbocycles. The van der Waals surface area contributed by atoms with Crippen molar-refractivity contribution in [2.45, 2.75) is 0 Å². The number of carbonyl (C=O) groups excluding carboxylic acids is 1. The number of hydrogen-bond donors (Lipinski definition) is 2. The number of rotatable bonds is 3. The second kappa shape index (κ2) is 6.62. The summed E-state index contributed by atoms with van der Waals surface area (Å²) in [5.74, 6) is 0.443. The molecule has 0 bridgehead atoms. The van der Waals surface area contributed by atoms with Crippen LogP contribution in [0.25, 0.3) is 0 Å². The number of halogens is 1. The molecule has 0 aromatic heterocycles. The highest BCUT2D eigenvalue weighted by Crippen LogP contribution is 2.42. The predicted octanol–water partition coefficient (Wildman–Crippen LogP) is 5.29. The lowest BCUT2D eigenvalue weighted by molar-refractivity contribution is -0.729. The molecule has 0 aliphatic carbocycles. The van der Waals surface area contributed by atoms with Crippen LogP contribution in [0.2, 0.25) is 5.02 Å². The molecule has 1 amide bonds. The van der Waals surface area contributed by atoms with Gasteiger partial charge in [-0.15, -0.1) is 0 Å². The fourth-order valence-corrected chi connectivity index (χ4v) is 2.79. The second-order valence-corrected chi connectivity index (χ2v) is 6.13. The van der Waals surface area contributed by atoms with Gasteiger partial charge in [-0.3, -0.25) is 4.79 Å². The third-order valence-corrected chi connectivity index (χ3v) is 4.15. The van der Waals surface area contributed by atoms with E-state index in [2.05, 4.69) is 5.32 Å². The third-order valence-electron chi connectivity index (χ3n) is 3.90. The van der Waals surface area contributed by atoms with E-state index in [4.69, 9.17) is 21.1 Å². The Morgan fingerprint density at radius 3 is 2.52 bits per heavy atom. The van der Waals surface area contributed by atoms with Crippen LogP contribution in [0, 0.1) is 4.91 Å². The number of amides is 1. The summed E-state index contributed by atoms with van der Waals surface area (Å²) in [6.07, 6.45) is 0. The smallest absolute Gasteiger partial charge is 0.324 e. The van der Waals surface area contributed by atoms with Crippen molar-refractivity contribution in [3.8, 4) is 23.0 Å². The number of ether oxygens (including phenoxy) is 2. The summed E-state index contributed by atoms with van der Waals surface area (Å²) in [5, 5.41) is 12.6. The van der Waals surface area contributed by atoms with Crippen molar-refractivity contribution < 1.29 is 24.4 Å². The van der Waals surface area contributed by atoms with Crippen LogP contribution >= 0.6 is 11.6 Å². The fraction of sp³-hybridized carbons (Fsp3) is 0. The number of anilines is 1. The highest BCUT2D eigenvalue weighted by atomic mass is 35.5. The molecule has 1 heterocycles. The first kappa shape index (κ1) is 16.9. The van der Waals surface area contributed by atoms with Crippen LogP contribution < -0.4 is 14.8 Å². The Kier molecular flexibility index (Phi) is 4.13. The SMILES string of the molecule is O=C1Nc2ccccc2Oc2cc([N+](=O)O)cc(Oc3ccc(Cl)cc3)c21. The highest BCUT2D eigenvalue weighted by molar-refractivity contribution is 6.30. The maximum atomic E-state index is 12.8. The summed E-state index contributed by atoms with van der Waals surface area (Å²) in [6.45, 7) is 0. The maximum absolute atomic E-state index is 12.8. The Balaban J connectivity index is 1.85. The third kappa shape index (κ3) is 3.28. The topological polar surface area (TPSA) is 87.9 Å². The Bertz CT molecular complexity index is 1070. The summed E-state index contributed by atoms with van der Waals surface area (Å²) >= 11 is 5.87. The van der Waals surface area contributed by atoms with E-state index in [0.29, 0.717) is 22.2 Å². The van der Waals surface area contributed by atoms with Gasteiger partial charge < -0.3 is 14.8 Å². The molecule has 0 saturated heterocycles. The molecule has 8 heteroatoms. The first-order valence-corrected chi connectivity index (χ1v) is 8.25. The van der Waals surface area contributed by atoms with Crippen LogP contribution in [0.3, 0.4) is 0 Å². The molecular weight excluding hydrogens is 372 g/mol. The average molecular weight is 384 g/mol.